The fourth-order valence-corrected chi connectivity index (χ4v) is 1.72. The first-order valence-corrected chi connectivity index (χ1v) is 5.46. The summed E-state index contributed by atoms with van der Waals surface area (Å²) in [6.45, 7) is 1.75. The van der Waals surface area contributed by atoms with Crippen LogP contribution < -0.4 is 10.1 Å². The number of halogens is 3. The highest BCUT2D eigenvalue weighted by Gasteiger charge is 2.32. The first-order chi connectivity index (χ1) is 8.05. The maximum absolute atomic E-state index is 12.3. The van der Waals surface area contributed by atoms with Gasteiger partial charge in [0.15, 0.2) is 0 Å². The highest BCUT2D eigenvalue weighted by atomic mass is 19.4. The van der Waals surface area contributed by atoms with Crippen LogP contribution >= 0.6 is 0 Å². The zero-order valence-electron chi connectivity index (χ0n) is 9.13. The number of pyridine rings is 1. The van der Waals surface area contributed by atoms with Crippen molar-refractivity contribution in [1.82, 2.24) is 10.3 Å². The van der Waals surface area contributed by atoms with Crippen molar-refractivity contribution < 1.29 is 17.9 Å². The second-order valence-electron chi connectivity index (χ2n) is 3.94. The number of ether oxygens (including phenoxy) is 1. The van der Waals surface area contributed by atoms with Gasteiger partial charge in [-0.1, -0.05) is 0 Å². The van der Waals surface area contributed by atoms with E-state index in [-0.39, 0.29) is 6.10 Å². The number of aromatic nitrogens is 1. The number of nitrogens with zero attached hydrogens (tertiary/aromatic N) is 1. The molecule has 0 saturated carbocycles. The summed E-state index contributed by atoms with van der Waals surface area (Å²) in [4.78, 5) is 3.35. The lowest BCUT2D eigenvalue weighted by Crippen LogP contribution is -2.34. The summed E-state index contributed by atoms with van der Waals surface area (Å²) in [5.74, 6) is 0.393. The van der Waals surface area contributed by atoms with Crippen molar-refractivity contribution in [3.05, 3.63) is 24.0 Å². The standard InChI is InChI=1S/C11H13F3N2O/c12-11(13,14)10-2-1-9(7-16-10)17-8-3-5-15-6-4-8/h1-2,7-8,15H,3-6H2. The van der Waals surface area contributed by atoms with Crippen LogP contribution in [0.15, 0.2) is 18.3 Å². The summed E-state index contributed by atoms with van der Waals surface area (Å²) >= 11 is 0. The molecule has 0 bridgehead atoms. The number of hydrogen-bond donors (Lipinski definition) is 1. The van der Waals surface area contributed by atoms with Crippen molar-refractivity contribution in [2.75, 3.05) is 13.1 Å². The van der Waals surface area contributed by atoms with Crippen molar-refractivity contribution in [2.45, 2.75) is 25.1 Å². The Bertz CT molecular complexity index is 358. The molecule has 94 valence electrons. The predicted octanol–water partition coefficient (Wildman–Crippen LogP) is 2.23. The molecule has 6 heteroatoms. The zero-order chi connectivity index (χ0) is 12.3. The first-order valence-electron chi connectivity index (χ1n) is 5.46. The topological polar surface area (TPSA) is 34.1 Å². The Kier molecular flexibility index (Phi) is 3.51. The molecule has 17 heavy (non-hydrogen) atoms. The highest BCUT2D eigenvalue weighted by Crippen LogP contribution is 2.28. The van der Waals surface area contributed by atoms with E-state index in [1.165, 1.54) is 6.07 Å². The average Bonchev–Trinajstić information content (AvgIpc) is 2.30. The van der Waals surface area contributed by atoms with Crippen molar-refractivity contribution in [3.63, 3.8) is 0 Å². The van der Waals surface area contributed by atoms with Gasteiger partial charge in [0.2, 0.25) is 0 Å². The summed E-state index contributed by atoms with van der Waals surface area (Å²) in [7, 11) is 0. The van der Waals surface area contributed by atoms with Crippen molar-refractivity contribution in [3.8, 4) is 5.75 Å². The molecule has 1 aliphatic rings. The molecule has 1 N–H and O–H groups in total. The van der Waals surface area contributed by atoms with E-state index in [0.29, 0.717) is 5.75 Å². The van der Waals surface area contributed by atoms with Crippen LogP contribution in [0.4, 0.5) is 13.2 Å². The lowest BCUT2D eigenvalue weighted by Gasteiger charge is -2.23. The Morgan fingerprint density at radius 1 is 1.24 bits per heavy atom. The molecular weight excluding hydrogens is 233 g/mol. The molecule has 1 fully saturated rings. The molecule has 3 nitrogen and oxygen atoms in total. The molecule has 0 aromatic carbocycles. The third-order valence-electron chi connectivity index (χ3n) is 2.62. The van der Waals surface area contributed by atoms with Gasteiger partial charge in [0, 0.05) is 0 Å². The van der Waals surface area contributed by atoms with Gasteiger partial charge in [0.25, 0.3) is 0 Å². The monoisotopic (exact) mass is 246 g/mol. The number of hydrogen-bond acceptors (Lipinski definition) is 3. The van der Waals surface area contributed by atoms with E-state index in [4.69, 9.17) is 4.74 Å². The van der Waals surface area contributed by atoms with E-state index in [2.05, 4.69) is 10.3 Å². The van der Waals surface area contributed by atoms with E-state index in [0.717, 1.165) is 38.2 Å². The highest BCUT2D eigenvalue weighted by molar-refractivity contribution is 5.21. The Balaban J connectivity index is 1.98. The van der Waals surface area contributed by atoms with Gasteiger partial charge in [-0.05, 0) is 38.1 Å². The molecule has 0 aliphatic carbocycles. The molecule has 0 spiro atoms. The van der Waals surface area contributed by atoms with Gasteiger partial charge in [-0.3, -0.25) is 0 Å². The predicted molar refractivity (Wildman–Crippen MR) is 55.8 cm³/mol. The Hall–Kier alpha value is -1.30. The number of rotatable bonds is 2. The van der Waals surface area contributed by atoms with E-state index < -0.39 is 11.9 Å². The molecule has 0 atom stereocenters. The van der Waals surface area contributed by atoms with Crippen LogP contribution in [0.5, 0.6) is 5.75 Å². The molecule has 1 aliphatic heterocycles. The zero-order valence-corrected chi connectivity index (χ0v) is 9.13. The summed E-state index contributed by atoms with van der Waals surface area (Å²) in [6, 6.07) is 2.26. The van der Waals surface area contributed by atoms with Gasteiger partial charge in [-0.2, -0.15) is 13.2 Å². The molecule has 2 rings (SSSR count). The van der Waals surface area contributed by atoms with Crippen molar-refractivity contribution in [2.24, 2.45) is 0 Å². The van der Waals surface area contributed by atoms with Gasteiger partial charge in [-0.15, -0.1) is 0 Å². The lowest BCUT2D eigenvalue weighted by molar-refractivity contribution is -0.141. The number of alkyl halides is 3. The van der Waals surface area contributed by atoms with Crippen LogP contribution in [0.1, 0.15) is 18.5 Å². The fraction of sp³-hybridized carbons (Fsp3) is 0.545. The summed E-state index contributed by atoms with van der Waals surface area (Å²) in [5.41, 5.74) is -0.893. The number of nitrogens with one attached hydrogen (secondary N) is 1. The lowest BCUT2D eigenvalue weighted by atomic mass is 10.1. The minimum atomic E-state index is -4.40. The molecule has 1 aromatic rings. The second-order valence-corrected chi connectivity index (χ2v) is 3.94. The van der Waals surface area contributed by atoms with Crippen LogP contribution in [-0.4, -0.2) is 24.2 Å². The van der Waals surface area contributed by atoms with E-state index in [1.54, 1.807) is 0 Å². The molecule has 1 saturated heterocycles. The van der Waals surface area contributed by atoms with Crippen LogP contribution in [0.3, 0.4) is 0 Å². The number of piperidine rings is 1. The molecular formula is C11H13F3N2O. The third kappa shape index (κ3) is 3.33. The van der Waals surface area contributed by atoms with Crippen LogP contribution in [0.2, 0.25) is 0 Å². The Morgan fingerprint density at radius 3 is 2.47 bits per heavy atom. The average molecular weight is 246 g/mol. The molecule has 1 aromatic heterocycles. The first kappa shape index (κ1) is 12.2. The van der Waals surface area contributed by atoms with Crippen LogP contribution in [0.25, 0.3) is 0 Å². The van der Waals surface area contributed by atoms with Crippen molar-refractivity contribution >= 4 is 0 Å². The second kappa shape index (κ2) is 4.91. The minimum absolute atomic E-state index is 0.0646. The third-order valence-corrected chi connectivity index (χ3v) is 2.62. The minimum Gasteiger partial charge on any atom is -0.489 e. The maximum Gasteiger partial charge on any atom is 0.433 e. The molecule has 0 amide bonds. The Labute approximate surface area is 97.0 Å². The molecule has 2 heterocycles. The van der Waals surface area contributed by atoms with Gasteiger partial charge in [0.05, 0.1) is 6.20 Å². The van der Waals surface area contributed by atoms with Gasteiger partial charge >= 0.3 is 6.18 Å². The smallest absolute Gasteiger partial charge is 0.433 e. The Morgan fingerprint density at radius 2 is 1.94 bits per heavy atom. The molecule has 0 radical (unpaired) electrons. The van der Waals surface area contributed by atoms with Gasteiger partial charge in [-0.25, -0.2) is 4.98 Å². The summed E-state index contributed by atoms with van der Waals surface area (Å²) < 4.78 is 42.4. The van der Waals surface area contributed by atoms with E-state index >= 15 is 0 Å². The van der Waals surface area contributed by atoms with Gasteiger partial charge in [0.1, 0.15) is 17.5 Å². The van der Waals surface area contributed by atoms with E-state index in [9.17, 15) is 13.2 Å². The quantitative estimate of drug-likeness (QED) is 0.868. The normalized spacial score (nSPS) is 18.1. The summed E-state index contributed by atoms with van der Waals surface area (Å²) in [5, 5.41) is 3.19. The molecule has 0 unspecified atom stereocenters. The van der Waals surface area contributed by atoms with Gasteiger partial charge < -0.3 is 10.1 Å². The maximum atomic E-state index is 12.3. The fourth-order valence-electron chi connectivity index (χ4n) is 1.72. The van der Waals surface area contributed by atoms with Crippen LogP contribution in [0, 0.1) is 0 Å². The summed E-state index contributed by atoms with van der Waals surface area (Å²) in [6.07, 6.45) is -1.48. The largest absolute Gasteiger partial charge is 0.489 e. The van der Waals surface area contributed by atoms with Crippen LogP contribution in [-0.2, 0) is 6.18 Å². The SMILES string of the molecule is FC(F)(F)c1ccc(OC2CCNCC2)cn1. The van der Waals surface area contributed by atoms with E-state index in [1.807, 2.05) is 0 Å². The van der Waals surface area contributed by atoms with Crippen molar-refractivity contribution in [1.29, 1.82) is 0 Å².